The molecule has 8 bridgehead atoms. The minimum Gasteiger partial charge on any atom is -0.324 e. The van der Waals surface area contributed by atoms with Gasteiger partial charge in [0, 0.05) is 43.8 Å². The summed E-state index contributed by atoms with van der Waals surface area (Å²) in [5.41, 5.74) is 0.0194. The van der Waals surface area contributed by atoms with Gasteiger partial charge >= 0.3 is 0 Å². The SMILES string of the molecule is O=S(=O)(O)c1ccc2c(c1)-c1nc3nc(nc4[nH]c(nc5[nH]c(nc-2n1)c1cc(S(=O)(=O)O)ccc51)c1c(S(=O)(=O)O)cccc41)-c1ccc(S(=O)(=O)O)cc1-3. The quantitative estimate of drug-likeness (QED) is 0.137. The van der Waals surface area contributed by atoms with Gasteiger partial charge in [0.1, 0.15) is 27.5 Å². The number of hydrogen-bond donors (Lipinski definition) is 6. The van der Waals surface area contributed by atoms with Gasteiger partial charge in [-0.2, -0.15) is 33.7 Å². The molecule has 282 valence electrons. The molecule has 0 radical (unpaired) electrons. The molecule has 20 nitrogen and oxygen atoms in total. The van der Waals surface area contributed by atoms with E-state index >= 15 is 0 Å². The van der Waals surface area contributed by atoms with Crippen molar-refractivity contribution in [2.24, 2.45) is 0 Å². The van der Waals surface area contributed by atoms with Crippen molar-refractivity contribution in [3.8, 4) is 45.6 Å². The van der Waals surface area contributed by atoms with Gasteiger partial charge in [-0.1, -0.05) is 12.1 Å². The number of hydrogen-bond acceptors (Lipinski definition) is 14. The first kappa shape index (κ1) is 35.6. The van der Waals surface area contributed by atoms with E-state index in [2.05, 4.69) is 39.9 Å². The van der Waals surface area contributed by atoms with Crippen LogP contribution in [0.4, 0.5) is 0 Å². The second kappa shape index (κ2) is 11.7. The Kier molecular flexibility index (Phi) is 7.43. The molecule has 2 aliphatic heterocycles. The normalized spacial score (nSPS) is 13.2. The van der Waals surface area contributed by atoms with Crippen LogP contribution >= 0.6 is 0 Å². The molecule has 24 heteroatoms. The molecule has 0 spiro atoms. The Bertz CT molecular complexity index is 3560. The summed E-state index contributed by atoms with van der Waals surface area (Å²) < 4.78 is 138. The molecule has 6 N–H and O–H groups in total. The highest BCUT2D eigenvalue weighted by Crippen LogP contribution is 2.40. The second-order valence-electron chi connectivity index (χ2n) is 12.3. The molecule has 0 aliphatic carbocycles. The molecule has 0 amide bonds. The number of benzene rings is 4. The van der Waals surface area contributed by atoms with E-state index in [9.17, 15) is 51.9 Å². The van der Waals surface area contributed by atoms with Crippen LogP contribution in [0.2, 0.25) is 0 Å². The molecule has 56 heavy (non-hydrogen) atoms. The van der Waals surface area contributed by atoms with E-state index in [4.69, 9.17) is 0 Å². The van der Waals surface area contributed by atoms with Gasteiger partial charge in [-0.05, 0) is 60.7 Å². The van der Waals surface area contributed by atoms with Gasteiger partial charge in [0.15, 0.2) is 23.3 Å². The molecular formula is C32H18N8O12S4. The standard InChI is InChI=1S/C32H18N8O12S4/c41-53(42,43)13-4-7-16-20(10-13)30-34-25(16)33-28-19-2-1-3-23(56(50,51)52)24(19)32(40-28)39-27-18-9-6-15(55(47,48)49)12-22(18)29(37-27)35-26-17-8-5-14(54(44,45)46)11-21(17)31(36-26)38-30/h1-12H,(H,41,42,43)(H,44,45,46)(H,47,48,49)(H,50,51,52)(H2,33,34,35,36,37,38,39,40). The van der Waals surface area contributed by atoms with E-state index in [1.165, 1.54) is 30.3 Å². The Balaban J connectivity index is 1.52. The number of aromatic amines is 2. The van der Waals surface area contributed by atoms with Gasteiger partial charge < -0.3 is 9.97 Å². The van der Waals surface area contributed by atoms with Crippen molar-refractivity contribution >= 4 is 84.6 Å². The summed E-state index contributed by atoms with van der Waals surface area (Å²) in [7, 11) is -19.2. The number of fused-ring (bicyclic) bond motifs is 20. The topological polar surface area (TPSA) is 326 Å². The number of rotatable bonds is 4. The van der Waals surface area contributed by atoms with Crippen LogP contribution in [0.3, 0.4) is 0 Å². The summed E-state index contributed by atoms with van der Waals surface area (Å²) >= 11 is 0. The van der Waals surface area contributed by atoms with Crippen molar-refractivity contribution in [1.29, 1.82) is 0 Å². The third-order valence-electron chi connectivity index (χ3n) is 8.90. The summed E-state index contributed by atoms with van der Waals surface area (Å²) in [4.78, 5) is 31.1. The molecule has 0 unspecified atom stereocenters. The molecular weight excluding hydrogens is 817 g/mol. The summed E-state index contributed by atoms with van der Waals surface area (Å²) in [6.45, 7) is 0. The van der Waals surface area contributed by atoms with E-state index in [-0.39, 0.29) is 89.7 Å². The number of aromatic nitrogens is 8. The highest BCUT2D eigenvalue weighted by Gasteiger charge is 2.27. The van der Waals surface area contributed by atoms with Crippen molar-refractivity contribution in [2.75, 3.05) is 0 Å². The van der Waals surface area contributed by atoms with Crippen LogP contribution < -0.4 is 0 Å². The lowest BCUT2D eigenvalue weighted by Crippen LogP contribution is -1.99. The van der Waals surface area contributed by atoms with Crippen LogP contribution in [0.15, 0.2) is 92.4 Å². The first-order valence-electron chi connectivity index (χ1n) is 15.5. The van der Waals surface area contributed by atoms with Crippen molar-refractivity contribution < 1.29 is 51.9 Å². The Morgan fingerprint density at radius 1 is 0.393 bits per heavy atom. The summed E-state index contributed by atoms with van der Waals surface area (Å²) in [6, 6.07) is 14.3. The monoisotopic (exact) mass is 834 g/mol. The second-order valence-corrected chi connectivity index (χ2v) is 18.0. The van der Waals surface area contributed by atoms with Crippen LogP contribution in [0.25, 0.3) is 89.7 Å². The van der Waals surface area contributed by atoms with Crippen LogP contribution in [0.1, 0.15) is 0 Å². The Morgan fingerprint density at radius 2 is 0.839 bits per heavy atom. The van der Waals surface area contributed by atoms with Crippen LogP contribution in [-0.2, 0) is 40.5 Å². The lowest BCUT2D eigenvalue weighted by molar-refractivity contribution is 0.481. The molecule has 5 heterocycles. The molecule has 0 atom stereocenters. The fraction of sp³-hybridized carbons (Fsp3) is 0. The minimum atomic E-state index is -4.89. The van der Waals surface area contributed by atoms with Gasteiger partial charge in [-0.15, -0.1) is 0 Å². The molecule has 2 aliphatic rings. The molecule has 9 rings (SSSR count). The average Bonchev–Trinajstić information content (AvgIpc) is 3.84. The van der Waals surface area contributed by atoms with Crippen molar-refractivity contribution in [1.82, 2.24) is 39.9 Å². The molecule has 3 aromatic heterocycles. The van der Waals surface area contributed by atoms with Gasteiger partial charge in [0.25, 0.3) is 40.5 Å². The lowest BCUT2D eigenvalue weighted by Gasteiger charge is -2.03. The third kappa shape index (κ3) is 5.78. The summed E-state index contributed by atoms with van der Waals surface area (Å²) in [5, 5.41) is 0.273. The average molecular weight is 835 g/mol. The summed E-state index contributed by atoms with van der Waals surface area (Å²) in [5.74, 6) is -0.710. The van der Waals surface area contributed by atoms with Crippen molar-refractivity contribution in [3.05, 3.63) is 72.8 Å². The van der Waals surface area contributed by atoms with E-state index in [1.807, 2.05) is 0 Å². The first-order chi connectivity index (χ1) is 26.2. The van der Waals surface area contributed by atoms with E-state index in [0.717, 1.165) is 42.5 Å². The van der Waals surface area contributed by atoms with Gasteiger partial charge in [0.05, 0.1) is 14.7 Å². The molecule has 0 saturated heterocycles. The highest BCUT2D eigenvalue weighted by molar-refractivity contribution is 7.86. The molecule has 0 saturated carbocycles. The van der Waals surface area contributed by atoms with E-state index in [0.29, 0.717) is 0 Å². The van der Waals surface area contributed by atoms with Crippen molar-refractivity contribution in [2.45, 2.75) is 19.6 Å². The molecule has 4 aromatic carbocycles. The Morgan fingerprint density at radius 3 is 1.36 bits per heavy atom. The maximum atomic E-state index is 12.6. The van der Waals surface area contributed by atoms with E-state index < -0.39 is 60.1 Å². The smallest absolute Gasteiger partial charge is 0.295 e. The zero-order chi connectivity index (χ0) is 39.7. The maximum absolute atomic E-state index is 12.6. The fourth-order valence-corrected chi connectivity index (χ4v) is 8.68. The Hall–Kier alpha value is -6.12. The molecule has 7 aromatic rings. The van der Waals surface area contributed by atoms with Gasteiger partial charge in [0.2, 0.25) is 0 Å². The van der Waals surface area contributed by atoms with Crippen LogP contribution in [-0.4, -0.2) is 91.8 Å². The van der Waals surface area contributed by atoms with Crippen molar-refractivity contribution in [3.63, 3.8) is 0 Å². The predicted molar refractivity (Wildman–Crippen MR) is 195 cm³/mol. The zero-order valence-corrected chi connectivity index (χ0v) is 30.6. The first-order valence-corrected chi connectivity index (χ1v) is 21.3. The number of nitrogens with one attached hydrogen (secondary N) is 2. The predicted octanol–water partition coefficient (Wildman–Crippen LogP) is 3.86. The third-order valence-corrected chi connectivity index (χ3v) is 12.3. The van der Waals surface area contributed by atoms with Crippen LogP contribution in [0, 0.1) is 0 Å². The van der Waals surface area contributed by atoms with E-state index in [1.54, 1.807) is 0 Å². The fourth-order valence-electron chi connectivity index (χ4n) is 6.45. The molecule has 0 fully saturated rings. The number of H-pyrrole nitrogens is 2. The largest absolute Gasteiger partial charge is 0.324 e. The lowest BCUT2D eigenvalue weighted by atomic mass is 10.1. The minimum absolute atomic E-state index is 0.0143. The van der Waals surface area contributed by atoms with Gasteiger partial charge in [-0.25, -0.2) is 29.9 Å². The highest BCUT2D eigenvalue weighted by atomic mass is 32.2. The van der Waals surface area contributed by atoms with Gasteiger partial charge in [-0.3, -0.25) is 18.2 Å². The zero-order valence-electron chi connectivity index (χ0n) is 27.3. The maximum Gasteiger partial charge on any atom is 0.295 e. The van der Waals surface area contributed by atoms with Crippen LogP contribution in [0.5, 0.6) is 0 Å². The Labute approximate surface area is 313 Å². The number of nitrogens with zero attached hydrogens (tertiary/aromatic N) is 6. The summed E-state index contributed by atoms with van der Waals surface area (Å²) in [6.07, 6.45) is 0.